The van der Waals surface area contributed by atoms with E-state index in [2.05, 4.69) is 0 Å². The quantitative estimate of drug-likeness (QED) is 0.594. The minimum absolute atomic E-state index is 0.0637. The number of alkyl halides is 2. The minimum atomic E-state index is -2.48. The molecule has 0 bridgehead atoms. The van der Waals surface area contributed by atoms with Gasteiger partial charge in [-0.05, 0) is 26.8 Å². The van der Waals surface area contributed by atoms with Crippen LogP contribution in [0.4, 0.5) is 8.78 Å². The van der Waals surface area contributed by atoms with Gasteiger partial charge < -0.3 is 0 Å². The van der Waals surface area contributed by atoms with Crippen molar-refractivity contribution < 1.29 is 8.78 Å². The molecule has 1 heterocycles. The number of hydrogen-bond acceptors (Lipinski definition) is 1. The van der Waals surface area contributed by atoms with Gasteiger partial charge in [0.15, 0.2) is 0 Å². The number of nitrogens with zero attached hydrogens (tertiary/aromatic N) is 1. The molecule has 72 valence electrons. The van der Waals surface area contributed by atoms with Crippen LogP contribution in [0.15, 0.2) is 0 Å². The van der Waals surface area contributed by atoms with E-state index in [1.54, 1.807) is 6.92 Å². The van der Waals surface area contributed by atoms with Gasteiger partial charge in [-0.3, -0.25) is 4.90 Å². The summed E-state index contributed by atoms with van der Waals surface area (Å²) < 4.78 is 26.3. The molecule has 0 aromatic carbocycles. The maximum absolute atomic E-state index is 13.2. The Morgan fingerprint density at radius 1 is 1.42 bits per heavy atom. The topological polar surface area (TPSA) is 3.24 Å². The third-order valence-corrected chi connectivity index (χ3v) is 2.71. The van der Waals surface area contributed by atoms with Crippen molar-refractivity contribution in [3.05, 3.63) is 0 Å². The van der Waals surface area contributed by atoms with Crippen LogP contribution in [0.2, 0.25) is 0 Å². The molecule has 0 aliphatic carbocycles. The van der Waals surface area contributed by atoms with Gasteiger partial charge in [0, 0.05) is 12.0 Å². The van der Waals surface area contributed by atoms with Crippen LogP contribution in [0.5, 0.6) is 0 Å². The lowest BCUT2D eigenvalue weighted by atomic mass is 9.94. The molecule has 1 aliphatic rings. The highest BCUT2D eigenvalue weighted by Gasteiger charge is 2.42. The van der Waals surface area contributed by atoms with E-state index < -0.39 is 11.8 Å². The fourth-order valence-corrected chi connectivity index (χ4v) is 1.52. The summed E-state index contributed by atoms with van der Waals surface area (Å²) in [4.78, 5) is 1.85. The standard InChI is InChI=1S/C9H17F2N/c1-7(2)12-5-4-8(3)9(10,11)6-12/h7-8H,4-6H2,1-3H3/t8-/m0/s1. The van der Waals surface area contributed by atoms with E-state index in [0.717, 1.165) is 6.54 Å². The van der Waals surface area contributed by atoms with E-state index in [9.17, 15) is 8.78 Å². The number of likely N-dealkylation sites (tertiary alicyclic amines) is 1. The van der Waals surface area contributed by atoms with Gasteiger partial charge in [-0.1, -0.05) is 6.92 Å². The highest BCUT2D eigenvalue weighted by molar-refractivity contribution is 4.85. The molecule has 0 unspecified atom stereocenters. The minimum Gasteiger partial charge on any atom is -0.295 e. The lowest BCUT2D eigenvalue weighted by molar-refractivity contribution is -0.110. The average molecular weight is 177 g/mol. The Balaban J connectivity index is 2.57. The predicted octanol–water partition coefficient (Wildman–Crippen LogP) is 2.37. The fraction of sp³-hybridized carbons (Fsp3) is 1.00. The maximum atomic E-state index is 13.2. The average Bonchev–Trinajstić information content (AvgIpc) is 1.94. The molecule has 1 fully saturated rings. The number of rotatable bonds is 1. The monoisotopic (exact) mass is 177 g/mol. The van der Waals surface area contributed by atoms with Crippen LogP contribution in [0, 0.1) is 5.92 Å². The van der Waals surface area contributed by atoms with Gasteiger partial charge in [-0.25, -0.2) is 8.78 Å². The second kappa shape index (κ2) is 3.29. The zero-order valence-electron chi connectivity index (χ0n) is 7.98. The number of hydrogen-bond donors (Lipinski definition) is 0. The summed E-state index contributed by atoms with van der Waals surface area (Å²) in [6, 6.07) is 0.239. The van der Waals surface area contributed by atoms with Crippen LogP contribution in [-0.4, -0.2) is 30.0 Å². The highest BCUT2D eigenvalue weighted by Crippen LogP contribution is 2.32. The van der Waals surface area contributed by atoms with Crippen molar-refractivity contribution in [2.75, 3.05) is 13.1 Å². The van der Waals surface area contributed by atoms with Crippen molar-refractivity contribution in [1.82, 2.24) is 4.90 Å². The van der Waals surface area contributed by atoms with E-state index >= 15 is 0 Å². The SMILES string of the molecule is CC(C)N1CC[C@H](C)C(F)(F)C1. The molecule has 1 aliphatic heterocycles. The van der Waals surface area contributed by atoms with E-state index in [1.165, 1.54) is 0 Å². The summed E-state index contributed by atoms with van der Waals surface area (Å²) in [7, 11) is 0. The molecule has 0 radical (unpaired) electrons. The van der Waals surface area contributed by atoms with Gasteiger partial charge >= 0.3 is 0 Å². The molecule has 0 spiro atoms. The molecule has 1 atom stereocenters. The van der Waals surface area contributed by atoms with Crippen molar-refractivity contribution in [3.8, 4) is 0 Å². The van der Waals surface area contributed by atoms with Gasteiger partial charge in [-0.2, -0.15) is 0 Å². The fourth-order valence-electron chi connectivity index (χ4n) is 1.52. The summed E-state index contributed by atoms with van der Waals surface area (Å²) in [5.74, 6) is -2.94. The molecule has 1 nitrogen and oxygen atoms in total. The van der Waals surface area contributed by atoms with E-state index in [4.69, 9.17) is 0 Å². The van der Waals surface area contributed by atoms with Gasteiger partial charge in [0.25, 0.3) is 5.92 Å². The van der Waals surface area contributed by atoms with Crippen LogP contribution in [0.25, 0.3) is 0 Å². The largest absolute Gasteiger partial charge is 0.295 e. The lowest BCUT2D eigenvalue weighted by Crippen LogP contribution is -2.49. The van der Waals surface area contributed by atoms with Crippen LogP contribution < -0.4 is 0 Å². The maximum Gasteiger partial charge on any atom is 0.263 e. The van der Waals surface area contributed by atoms with Crippen LogP contribution in [0.1, 0.15) is 27.2 Å². The molecule has 3 heteroatoms. The summed E-state index contributed by atoms with van der Waals surface area (Å²) in [6.45, 7) is 6.32. The first-order chi connectivity index (χ1) is 5.43. The Morgan fingerprint density at radius 2 is 2.00 bits per heavy atom. The molecule has 0 aromatic rings. The molecule has 1 rings (SSSR count). The first kappa shape index (κ1) is 9.90. The Kier molecular flexibility index (Phi) is 2.71. The van der Waals surface area contributed by atoms with Crippen molar-refractivity contribution in [1.29, 1.82) is 0 Å². The third kappa shape index (κ3) is 1.94. The van der Waals surface area contributed by atoms with Crippen LogP contribution >= 0.6 is 0 Å². The Labute approximate surface area is 72.7 Å². The smallest absolute Gasteiger partial charge is 0.263 e. The number of piperidine rings is 1. The van der Waals surface area contributed by atoms with Gasteiger partial charge in [-0.15, -0.1) is 0 Å². The highest BCUT2D eigenvalue weighted by atomic mass is 19.3. The normalized spacial score (nSPS) is 31.0. The van der Waals surface area contributed by atoms with Crippen molar-refractivity contribution in [2.24, 2.45) is 5.92 Å². The molecule has 0 amide bonds. The molecule has 0 aromatic heterocycles. The van der Waals surface area contributed by atoms with Crippen molar-refractivity contribution >= 4 is 0 Å². The van der Waals surface area contributed by atoms with Crippen molar-refractivity contribution in [2.45, 2.75) is 39.2 Å². The second-order valence-electron chi connectivity index (χ2n) is 4.01. The summed E-state index contributed by atoms with van der Waals surface area (Å²) in [6.07, 6.45) is 0.616. The third-order valence-electron chi connectivity index (χ3n) is 2.71. The summed E-state index contributed by atoms with van der Waals surface area (Å²) in [5.41, 5.74) is 0. The molecule has 0 saturated carbocycles. The second-order valence-corrected chi connectivity index (χ2v) is 4.01. The van der Waals surface area contributed by atoms with Gasteiger partial charge in [0.2, 0.25) is 0 Å². The van der Waals surface area contributed by atoms with Crippen molar-refractivity contribution in [3.63, 3.8) is 0 Å². The summed E-state index contributed by atoms with van der Waals surface area (Å²) >= 11 is 0. The van der Waals surface area contributed by atoms with Crippen LogP contribution in [-0.2, 0) is 0 Å². The molecule has 12 heavy (non-hydrogen) atoms. The van der Waals surface area contributed by atoms with Crippen LogP contribution in [0.3, 0.4) is 0 Å². The van der Waals surface area contributed by atoms with Gasteiger partial charge in [0.1, 0.15) is 0 Å². The summed E-state index contributed by atoms with van der Waals surface area (Å²) in [5, 5.41) is 0. The Morgan fingerprint density at radius 3 is 2.42 bits per heavy atom. The molecular formula is C9H17F2N. The van der Waals surface area contributed by atoms with E-state index in [1.807, 2.05) is 18.7 Å². The Bertz CT molecular complexity index is 157. The predicted molar refractivity (Wildman–Crippen MR) is 45.4 cm³/mol. The van der Waals surface area contributed by atoms with E-state index in [0.29, 0.717) is 6.42 Å². The molecule has 1 saturated heterocycles. The molecule has 0 N–H and O–H groups in total. The first-order valence-corrected chi connectivity index (χ1v) is 4.55. The zero-order chi connectivity index (χ0) is 9.35. The lowest BCUT2D eigenvalue weighted by Gasteiger charge is -2.38. The molecular weight excluding hydrogens is 160 g/mol. The van der Waals surface area contributed by atoms with Gasteiger partial charge in [0.05, 0.1) is 6.54 Å². The zero-order valence-corrected chi connectivity index (χ0v) is 7.98. The van der Waals surface area contributed by atoms with E-state index in [-0.39, 0.29) is 12.6 Å². The first-order valence-electron chi connectivity index (χ1n) is 4.55. The Hall–Kier alpha value is -0.180. The number of halogens is 2.